The van der Waals surface area contributed by atoms with Gasteiger partial charge in [-0.2, -0.15) is 0 Å². The van der Waals surface area contributed by atoms with Crippen LogP contribution in [0.5, 0.6) is 0 Å². The zero-order valence-corrected chi connectivity index (χ0v) is 12.2. The molecule has 0 radical (unpaired) electrons. The third-order valence-electron chi connectivity index (χ3n) is 3.17. The molecule has 0 aromatic carbocycles. The highest BCUT2D eigenvalue weighted by Crippen LogP contribution is 2.27. The van der Waals surface area contributed by atoms with Gasteiger partial charge in [-0.25, -0.2) is 0 Å². The molecule has 0 atom stereocenters. The summed E-state index contributed by atoms with van der Waals surface area (Å²) >= 11 is 11.2. The van der Waals surface area contributed by atoms with Gasteiger partial charge in [-0.3, -0.25) is 0 Å². The normalized spacial score (nSPS) is 14.4. The predicted octanol–water partition coefficient (Wildman–Crippen LogP) is 2.49. The lowest BCUT2D eigenvalue weighted by Crippen LogP contribution is -2.30. The molecule has 98 valence electrons. The summed E-state index contributed by atoms with van der Waals surface area (Å²) in [7, 11) is 0. The summed E-state index contributed by atoms with van der Waals surface area (Å²) in [5.41, 5.74) is 1.96. The van der Waals surface area contributed by atoms with E-state index >= 15 is 0 Å². The smallest absolute Gasteiger partial charge is 0.155 e. The Morgan fingerprint density at radius 3 is 2.72 bits per heavy atom. The van der Waals surface area contributed by atoms with Gasteiger partial charge in [-0.05, 0) is 43.7 Å². The summed E-state index contributed by atoms with van der Waals surface area (Å²) in [5.74, 6) is 1.56. The van der Waals surface area contributed by atoms with Gasteiger partial charge in [0.25, 0.3) is 0 Å². The molecule has 2 rings (SSSR count). The lowest BCUT2D eigenvalue weighted by Gasteiger charge is -2.12. The maximum Gasteiger partial charge on any atom is 0.155 e. The SMILES string of the molecule is Cc1c(Cl)nnc(NCC(=S)NCC2CC2)c1C. The molecule has 0 spiro atoms. The summed E-state index contributed by atoms with van der Waals surface area (Å²) in [6.45, 7) is 5.48. The van der Waals surface area contributed by atoms with Crippen LogP contribution in [0.15, 0.2) is 0 Å². The van der Waals surface area contributed by atoms with Crippen LogP contribution in [0.2, 0.25) is 5.15 Å². The van der Waals surface area contributed by atoms with Crippen LogP contribution in [0, 0.1) is 19.8 Å². The number of nitrogens with one attached hydrogen (secondary N) is 2. The molecule has 18 heavy (non-hydrogen) atoms. The number of hydrogen-bond acceptors (Lipinski definition) is 4. The number of rotatable bonds is 5. The highest BCUT2D eigenvalue weighted by Gasteiger charge is 2.20. The topological polar surface area (TPSA) is 49.8 Å². The first-order chi connectivity index (χ1) is 8.58. The Labute approximate surface area is 118 Å². The third-order valence-corrected chi connectivity index (χ3v) is 3.81. The van der Waals surface area contributed by atoms with Crippen molar-refractivity contribution < 1.29 is 0 Å². The lowest BCUT2D eigenvalue weighted by molar-refractivity contribution is 0.774. The van der Waals surface area contributed by atoms with Crippen LogP contribution < -0.4 is 10.6 Å². The van der Waals surface area contributed by atoms with Crippen molar-refractivity contribution in [1.82, 2.24) is 15.5 Å². The molecule has 0 bridgehead atoms. The Kier molecular flexibility index (Phi) is 4.35. The average Bonchev–Trinajstić information content (AvgIpc) is 3.16. The fraction of sp³-hybridized carbons (Fsp3) is 0.583. The van der Waals surface area contributed by atoms with Crippen LogP contribution in [-0.4, -0.2) is 28.3 Å². The van der Waals surface area contributed by atoms with Gasteiger partial charge in [0.2, 0.25) is 0 Å². The van der Waals surface area contributed by atoms with Gasteiger partial charge in [-0.15, -0.1) is 10.2 Å². The molecule has 0 unspecified atom stereocenters. The lowest BCUT2D eigenvalue weighted by atomic mass is 10.2. The van der Waals surface area contributed by atoms with Crippen LogP contribution in [0.3, 0.4) is 0 Å². The van der Waals surface area contributed by atoms with Gasteiger partial charge in [0.05, 0.1) is 11.5 Å². The van der Waals surface area contributed by atoms with E-state index in [0.29, 0.717) is 11.7 Å². The first-order valence-corrected chi connectivity index (χ1v) is 6.86. The predicted molar refractivity (Wildman–Crippen MR) is 78.3 cm³/mol. The van der Waals surface area contributed by atoms with E-state index in [1.54, 1.807) is 0 Å². The van der Waals surface area contributed by atoms with Crippen molar-refractivity contribution in [2.24, 2.45) is 5.92 Å². The molecule has 1 aliphatic carbocycles. The standard InChI is InChI=1S/C12H17ClN4S/c1-7-8(2)12(17-16-11(7)13)15-6-10(18)14-5-9-3-4-9/h9H,3-6H2,1-2H3,(H,14,18)(H,15,17). The van der Waals surface area contributed by atoms with Crippen LogP contribution in [0.25, 0.3) is 0 Å². The molecule has 0 amide bonds. The minimum atomic E-state index is 0.451. The van der Waals surface area contributed by atoms with Crippen LogP contribution in [0.1, 0.15) is 24.0 Å². The van der Waals surface area contributed by atoms with E-state index in [4.69, 9.17) is 23.8 Å². The zero-order valence-electron chi connectivity index (χ0n) is 10.6. The van der Waals surface area contributed by atoms with E-state index in [-0.39, 0.29) is 0 Å². The largest absolute Gasteiger partial charge is 0.378 e. The molecule has 1 heterocycles. The average molecular weight is 285 g/mol. The molecule has 6 heteroatoms. The second-order valence-electron chi connectivity index (χ2n) is 4.69. The molecule has 4 nitrogen and oxygen atoms in total. The van der Waals surface area contributed by atoms with Crippen LogP contribution in [-0.2, 0) is 0 Å². The molecular formula is C12H17ClN4S. The van der Waals surface area contributed by atoms with E-state index in [1.807, 2.05) is 13.8 Å². The number of thiocarbonyl (C=S) groups is 1. The summed E-state index contributed by atoms with van der Waals surface area (Å²) in [6, 6.07) is 0. The van der Waals surface area contributed by atoms with Crippen molar-refractivity contribution in [2.45, 2.75) is 26.7 Å². The minimum Gasteiger partial charge on any atom is -0.378 e. The Bertz CT molecular complexity index is 460. The molecular weight excluding hydrogens is 268 g/mol. The number of halogens is 1. The Balaban J connectivity index is 1.85. The van der Waals surface area contributed by atoms with E-state index in [9.17, 15) is 0 Å². The molecule has 1 aromatic rings. The Morgan fingerprint density at radius 1 is 1.33 bits per heavy atom. The molecule has 1 aliphatic rings. The molecule has 0 aliphatic heterocycles. The summed E-state index contributed by atoms with van der Waals surface area (Å²) in [4.78, 5) is 0.815. The first-order valence-electron chi connectivity index (χ1n) is 6.08. The van der Waals surface area contributed by atoms with Crippen LogP contribution in [0.4, 0.5) is 5.82 Å². The van der Waals surface area contributed by atoms with E-state index in [1.165, 1.54) is 12.8 Å². The summed E-state index contributed by atoms with van der Waals surface area (Å²) in [5, 5.41) is 14.8. The number of hydrogen-bond donors (Lipinski definition) is 2. The molecule has 0 saturated heterocycles. The number of nitrogens with zero attached hydrogens (tertiary/aromatic N) is 2. The van der Waals surface area contributed by atoms with Crippen molar-refractivity contribution in [3.05, 3.63) is 16.3 Å². The maximum absolute atomic E-state index is 5.90. The Hall–Kier alpha value is -0.940. The Morgan fingerprint density at radius 2 is 2.06 bits per heavy atom. The highest BCUT2D eigenvalue weighted by atomic mass is 35.5. The van der Waals surface area contributed by atoms with Crippen molar-refractivity contribution >= 4 is 34.6 Å². The zero-order chi connectivity index (χ0) is 13.1. The monoisotopic (exact) mass is 284 g/mol. The molecule has 1 aromatic heterocycles. The first kappa shape index (κ1) is 13.5. The van der Waals surface area contributed by atoms with Crippen LogP contribution >= 0.6 is 23.8 Å². The molecule has 2 N–H and O–H groups in total. The fourth-order valence-corrected chi connectivity index (χ4v) is 1.89. The van der Waals surface area contributed by atoms with Gasteiger partial charge < -0.3 is 10.6 Å². The van der Waals surface area contributed by atoms with Crippen molar-refractivity contribution in [3.8, 4) is 0 Å². The maximum atomic E-state index is 5.90. The second-order valence-corrected chi connectivity index (χ2v) is 5.54. The van der Waals surface area contributed by atoms with Gasteiger partial charge in [0.15, 0.2) is 11.0 Å². The van der Waals surface area contributed by atoms with Crippen molar-refractivity contribution in [3.63, 3.8) is 0 Å². The van der Waals surface area contributed by atoms with Gasteiger partial charge in [0.1, 0.15) is 0 Å². The van der Waals surface area contributed by atoms with Gasteiger partial charge in [-0.1, -0.05) is 23.8 Å². The molecule has 1 saturated carbocycles. The summed E-state index contributed by atoms with van der Waals surface area (Å²) < 4.78 is 0. The number of anilines is 1. The fourth-order valence-electron chi connectivity index (χ4n) is 1.55. The minimum absolute atomic E-state index is 0.451. The summed E-state index contributed by atoms with van der Waals surface area (Å²) in [6.07, 6.45) is 2.65. The van der Waals surface area contributed by atoms with E-state index in [2.05, 4.69) is 20.8 Å². The van der Waals surface area contributed by atoms with Gasteiger partial charge in [0, 0.05) is 6.54 Å². The van der Waals surface area contributed by atoms with E-state index < -0.39 is 0 Å². The second kappa shape index (κ2) is 5.80. The third kappa shape index (κ3) is 3.53. The van der Waals surface area contributed by atoms with Crippen molar-refractivity contribution in [1.29, 1.82) is 0 Å². The quantitative estimate of drug-likeness (QED) is 0.814. The molecule has 1 fully saturated rings. The highest BCUT2D eigenvalue weighted by molar-refractivity contribution is 7.80. The van der Waals surface area contributed by atoms with Gasteiger partial charge >= 0.3 is 0 Å². The number of aromatic nitrogens is 2. The van der Waals surface area contributed by atoms with E-state index in [0.717, 1.165) is 34.4 Å². The van der Waals surface area contributed by atoms with Crippen molar-refractivity contribution in [2.75, 3.05) is 18.4 Å².